The van der Waals surface area contributed by atoms with Gasteiger partial charge in [-0.15, -0.1) is 11.3 Å². The van der Waals surface area contributed by atoms with Crippen molar-refractivity contribution in [1.29, 1.82) is 0 Å². The van der Waals surface area contributed by atoms with Gasteiger partial charge in [0, 0.05) is 17.5 Å². The summed E-state index contributed by atoms with van der Waals surface area (Å²) < 4.78 is 2.15. The first-order valence-electron chi connectivity index (χ1n) is 6.34. The van der Waals surface area contributed by atoms with E-state index in [4.69, 9.17) is 4.98 Å². The highest BCUT2D eigenvalue weighted by Crippen LogP contribution is 2.27. The SMILES string of the molecule is CCNC(C)c1csc(-c2cncn2C(C)C)n1. The van der Waals surface area contributed by atoms with Crippen LogP contribution in [-0.2, 0) is 0 Å². The van der Waals surface area contributed by atoms with Crippen molar-refractivity contribution in [2.45, 2.75) is 39.8 Å². The van der Waals surface area contributed by atoms with Crippen LogP contribution in [0.1, 0.15) is 45.5 Å². The predicted octanol–water partition coefficient (Wildman–Crippen LogP) is 3.26. The van der Waals surface area contributed by atoms with Gasteiger partial charge in [-0.2, -0.15) is 0 Å². The Morgan fingerprint density at radius 1 is 1.39 bits per heavy atom. The second kappa shape index (κ2) is 5.63. The molecular weight excluding hydrogens is 244 g/mol. The number of thiazole rings is 1. The van der Waals surface area contributed by atoms with Crippen molar-refractivity contribution in [3.8, 4) is 10.7 Å². The van der Waals surface area contributed by atoms with Gasteiger partial charge in [0.25, 0.3) is 0 Å². The zero-order valence-corrected chi connectivity index (χ0v) is 12.2. The van der Waals surface area contributed by atoms with E-state index in [9.17, 15) is 0 Å². The largest absolute Gasteiger partial charge is 0.326 e. The number of rotatable bonds is 5. The van der Waals surface area contributed by atoms with Gasteiger partial charge in [0.1, 0.15) is 5.01 Å². The van der Waals surface area contributed by atoms with Crippen molar-refractivity contribution in [3.63, 3.8) is 0 Å². The van der Waals surface area contributed by atoms with E-state index in [2.05, 4.69) is 47.9 Å². The molecule has 0 fully saturated rings. The second-order valence-corrected chi connectivity index (χ2v) is 5.49. The van der Waals surface area contributed by atoms with Gasteiger partial charge in [0.2, 0.25) is 0 Å². The van der Waals surface area contributed by atoms with Gasteiger partial charge in [-0.25, -0.2) is 9.97 Å². The van der Waals surface area contributed by atoms with E-state index in [1.165, 1.54) is 0 Å². The van der Waals surface area contributed by atoms with Gasteiger partial charge < -0.3 is 9.88 Å². The van der Waals surface area contributed by atoms with E-state index in [0.717, 1.165) is 22.9 Å². The Bertz CT molecular complexity index is 501. The molecule has 1 atom stereocenters. The van der Waals surface area contributed by atoms with Gasteiger partial charge in [-0.3, -0.25) is 0 Å². The summed E-state index contributed by atoms with van der Waals surface area (Å²) in [4.78, 5) is 8.93. The summed E-state index contributed by atoms with van der Waals surface area (Å²) in [6.07, 6.45) is 3.76. The van der Waals surface area contributed by atoms with Crippen LogP contribution in [0.15, 0.2) is 17.9 Å². The molecule has 5 heteroatoms. The van der Waals surface area contributed by atoms with Gasteiger partial charge >= 0.3 is 0 Å². The van der Waals surface area contributed by atoms with Crippen LogP contribution < -0.4 is 5.32 Å². The first-order valence-corrected chi connectivity index (χ1v) is 7.22. The third-order valence-electron chi connectivity index (χ3n) is 2.92. The van der Waals surface area contributed by atoms with Crippen molar-refractivity contribution in [2.24, 2.45) is 0 Å². The van der Waals surface area contributed by atoms with Crippen molar-refractivity contribution < 1.29 is 0 Å². The summed E-state index contributed by atoms with van der Waals surface area (Å²) in [5, 5.41) is 6.55. The normalized spacial score (nSPS) is 13.2. The number of imidazole rings is 1. The molecule has 0 radical (unpaired) electrons. The number of hydrogen-bond donors (Lipinski definition) is 1. The summed E-state index contributed by atoms with van der Waals surface area (Å²) in [6.45, 7) is 9.51. The molecule has 2 heterocycles. The minimum absolute atomic E-state index is 0.301. The molecule has 0 saturated carbocycles. The maximum atomic E-state index is 4.71. The molecule has 0 spiro atoms. The number of hydrogen-bond acceptors (Lipinski definition) is 4. The Morgan fingerprint density at radius 3 is 2.83 bits per heavy atom. The average Bonchev–Trinajstić information content (AvgIpc) is 2.98. The molecule has 0 aromatic carbocycles. The Balaban J connectivity index is 2.26. The van der Waals surface area contributed by atoms with Crippen LogP contribution in [-0.4, -0.2) is 21.1 Å². The van der Waals surface area contributed by atoms with Crippen LogP contribution in [0.5, 0.6) is 0 Å². The molecule has 18 heavy (non-hydrogen) atoms. The van der Waals surface area contributed by atoms with Crippen LogP contribution in [0.2, 0.25) is 0 Å². The van der Waals surface area contributed by atoms with Crippen LogP contribution in [0, 0.1) is 0 Å². The Labute approximate surface area is 112 Å². The topological polar surface area (TPSA) is 42.7 Å². The Morgan fingerprint density at radius 2 is 2.17 bits per heavy atom. The minimum Gasteiger partial charge on any atom is -0.326 e. The first kappa shape index (κ1) is 13.2. The van der Waals surface area contributed by atoms with Crippen LogP contribution >= 0.6 is 11.3 Å². The van der Waals surface area contributed by atoms with E-state index < -0.39 is 0 Å². The lowest BCUT2D eigenvalue weighted by atomic mass is 10.2. The Kier molecular flexibility index (Phi) is 4.14. The molecule has 2 aromatic rings. The Hall–Kier alpha value is -1.20. The monoisotopic (exact) mass is 264 g/mol. The van der Waals surface area contributed by atoms with E-state index in [0.29, 0.717) is 12.1 Å². The van der Waals surface area contributed by atoms with Gasteiger partial charge in [-0.1, -0.05) is 6.92 Å². The molecule has 1 unspecified atom stereocenters. The molecule has 0 aliphatic carbocycles. The molecule has 2 rings (SSSR count). The lowest BCUT2D eigenvalue weighted by molar-refractivity contribution is 0.585. The summed E-state index contributed by atoms with van der Waals surface area (Å²) in [5.41, 5.74) is 2.21. The van der Waals surface area contributed by atoms with Gasteiger partial charge in [0.15, 0.2) is 0 Å². The lowest BCUT2D eigenvalue weighted by Gasteiger charge is -2.10. The van der Waals surface area contributed by atoms with E-state index >= 15 is 0 Å². The average molecular weight is 264 g/mol. The van der Waals surface area contributed by atoms with E-state index in [-0.39, 0.29) is 0 Å². The number of aromatic nitrogens is 3. The van der Waals surface area contributed by atoms with Crippen LogP contribution in [0.3, 0.4) is 0 Å². The standard InChI is InChI=1S/C13H20N4S/c1-5-15-10(4)11-7-18-13(16-11)12-6-14-8-17(12)9(2)3/h6-10,15H,5H2,1-4H3. The molecule has 0 bridgehead atoms. The summed E-state index contributed by atoms with van der Waals surface area (Å²) in [5.74, 6) is 0. The van der Waals surface area contributed by atoms with E-state index in [1.807, 2.05) is 12.5 Å². The molecule has 1 N–H and O–H groups in total. The van der Waals surface area contributed by atoms with Crippen molar-refractivity contribution >= 4 is 11.3 Å². The highest BCUT2D eigenvalue weighted by Gasteiger charge is 2.14. The molecule has 4 nitrogen and oxygen atoms in total. The molecule has 0 aliphatic rings. The molecular formula is C13H20N4S. The second-order valence-electron chi connectivity index (χ2n) is 4.64. The predicted molar refractivity (Wildman–Crippen MR) is 75.8 cm³/mol. The minimum atomic E-state index is 0.301. The molecule has 0 amide bonds. The third-order valence-corrected chi connectivity index (χ3v) is 3.80. The maximum Gasteiger partial charge on any atom is 0.141 e. The number of nitrogens with zero attached hydrogens (tertiary/aromatic N) is 3. The van der Waals surface area contributed by atoms with E-state index in [1.54, 1.807) is 11.3 Å². The van der Waals surface area contributed by atoms with Crippen molar-refractivity contribution in [1.82, 2.24) is 19.9 Å². The fourth-order valence-corrected chi connectivity index (χ4v) is 2.82. The molecule has 98 valence electrons. The zero-order valence-electron chi connectivity index (χ0n) is 11.3. The highest BCUT2D eigenvalue weighted by molar-refractivity contribution is 7.13. The first-order chi connectivity index (χ1) is 8.63. The number of nitrogens with one attached hydrogen (secondary N) is 1. The maximum absolute atomic E-state index is 4.71. The molecule has 0 aliphatic heterocycles. The fourth-order valence-electron chi connectivity index (χ4n) is 1.90. The summed E-state index contributed by atoms with van der Waals surface area (Å²) in [6, 6.07) is 0.705. The smallest absolute Gasteiger partial charge is 0.141 e. The molecule has 2 aromatic heterocycles. The van der Waals surface area contributed by atoms with Crippen molar-refractivity contribution in [3.05, 3.63) is 23.6 Å². The summed E-state index contributed by atoms with van der Waals surface area (Å²) >= 11 is 1.68. The van der Waals surface area contributed by atoms with Crippen molar-refractivity contribution in [2.75, 3.05) is 6.54 Å². The highest BCUT2D eigenvalue weighted by atomic mass is 32.1. The summed E-state index contributed by atoms with van der Waals surface area (Å²) in [7, 11) is 0. The van der Waals surface area contributed by atoms with Gasteiger partial charge in [-0.05, 0) is 27.3 Å². The zero-order chi connectivity index (χ0) is 13.1. The fraction of sp³-hybridized carbons (Fsp3) is 0.538. The molecule has 0 saturated heterocycles. The lowest BCUT2D eigenvalue weighted by Crippen LogP contribution is -2.17. The van der Waals surface area contributed by atoms with Crippen LogP contribution in [0.4, 0.5) is 0 Å². The quantitative estimate of drug-likeness (QED) is 0.901. The van der Waals surface area contributed by atoms with Crippen LogP contribution in [0.25, 0.3) is 10.7 Å². The third kappa shape index (κ3) is 2.62. The van der Waals surface area contributed by atoms with Gasteiger partial charge in [0.05, 0.1) is 23.9 Å².